The van der Waals surface area contributed by atoms with Gasteiger partial charge in [0, 0.05) is 12.5 Å². The lowest BCUT2D eigenvalue weighted by atomic mass is 9.92. The van der Waals surface area contributed by atoms with Crippen LogP contribution in [0.25, 0.3) is 0 Å². The fourth-order valence-corrected chi connectivity index (χ4v) is 4.85. The molecule has 2 aliphatic rings. The van der Waals surface area contributed by atoms with Crippen LogP contribution in [0.3, 0.4) is 0 Å². The second kappa shape index (κ2) is 7.45. The number of rotatable bonds is 4. The zero-order chi connectivity index (χ0) is 18.2. The van der Waals surface area contributed by atoms with Crippen LogP contribution in [-0.2, 0) is 6.18 Å². The van der Waals surface area contributed by atoms with Crippen molar-refractivity contribution in [1.82, 2.24) is 4.90 Å². The molecule has 1 heterocycles. The number of carbonyl (C=O) groups excluding carboxylic acids is 1. The van der Waals surface area contributed by atoms with Crippen molar-refractivity contribution in [3.63, 3.8) is 0 Å². The van der Waals surface area contributed by atoms with Crippen LogP contribution in [0.1, 0.15) is 54.4 Å². The maximum atomic E-state index is 12.8. The van der Waals surface area contributed by atoms with Crippen molar-refractivity contribution in [2.24, 2.45) is 5.92 Å². The Bertz CT molecular complexity index is 633. The summed E-state index contributed by atoms with van der Waals surface area (Å²) in [4.78, 5) is 15.1. The molecule has 1 aliphatic heterocycles. The Hall–Kier alpha value is -0.780. The van der Waals surface area contributed by atoms with Gasteiger partial charge in [-0.2, -0.15) is 13.2 Å². The molecule has 7 heteroatoms. The van der Waals surface area contributed by atoms with Gasteiger partial charge in [-0.25, -0.2) is 0 Å². The number of halogens is 5. The first kappa shape index (κ1) is 19.0. The van der Waals surface area contributed by atoms with Crippen molar-refractivity contribution in [3.05, 3.63) is 33.3 Å². The van der Waals surface area contributed by atoms with Crippen LogP contribution in [0.15, 0.2) is 12.1 Å². The summed E-state index contributed by atoms with van der Waals surface area (Å²) in [5.41, 5.74) is -0.918. The minimum Gasteiger partial charge on any atom is -0.300 e. The molecule has 0 bridgehead atoms. The summed E-state index contributed by atoms with van der Waals surface area (Å²) in [6, 6.07) is 1.96. The van der Waals surface area contributed by atoms with Gasteiger partial charge in [0.2, 0.25) is 0 Å². The average molecular weight is 394 g/mol. The van der Waals surface area contributed by atoms with Gasteiger partial charge in [0.05, 0.1) is 21.2 Å². The molecule has 2 nitrogen and oxygen atoms in total. The maximum Gasteiger partial charge on any atom is 0.416 e. The first-order valence-electron chi connectivity index (χ1n) is 8.61. The Morgan fingerprint density at radius 3 is 2.24 bits per heavy atom. The van der Waals surface area contributed by atoms with E-state index in [-0.39, 0.29) is 33.7 Å². The molecule has 1 aromatic carbocycles. The predicted octanol–water partition coefficient (Wildman–Crippen LogP) is 5.85. The van der Waals surface area contributed by atoms with Gasteiger partial charge >= 0.3 is 6.18 Å². The van der Waals surface area contributed by atoms with E-state index in [1.165, 1.54) is 12.8 Å². The van der Waals surface area contributed by atoms with Crippen molar-refractivity contribution < 1.29 is 18.0 Å². The first-order valence-corrected chi connectivity index (χ1v) is 9.36. The molecular formula is C18H20Cl2F3NO. The van der Waals surface area contributed by atoms with Crippen LogP contribution < -0.4 is 0 Å². The van der Waals surface area contributed by atoms with E-state index in [4.69, 9.17) is 23.2 Å². The number of hydrogen-bond acceptors (Lipinski definition) is 2. The third-order valence-electron chi connectivity index (χ3n) is 5.32. The van der Waals surface area contributed by atoms with Crippen molar-refractivity contribution in [1.29, 1.82) is 0 Å². The number of ketones is 1. The van der Waals surface area contributed by atoms with Crippen LogP contribution in [0.2, 0.25) is 10.0 Å². The van der Waals surface area contributed by atoms with Crippen molar-refractivity contribution in [3.8, 4) is 0 Å². The van der Waals surface area contributed by atoms with Gasteiger partial charge in [-0.3, -0.25) is 4.79 Å². The quantitative estimate of drug-likeness (QED) is 0.597. The summed E-state index contributed by atoms with van der Waals surface area (Å²) in [5.74, 6) is -0.0418. The van der Waals surface area contributed by atoms with E-state index in [2.05, 4.69) is 4.90 Å². The highest BCUT2D eigenvalue weighted by molar-refractivity contribution is 6.40. The zero-order valence-corrected chi connectivity index (χ0v) is 15.2. The Kier molecular flexibility index (Phi) is 5.66. The molecule has 0 radical (unpaired) electrons. The molecular weight excluding hydrogens is 374 g/mol. The third kappa shape index (κ3) is 4.15. The smallest absolute Gasteiger partial charge is 0.300 e. The van der Waals surface area contributed by atoms with E-state index in [1.807, 2.05) is 0 Å². The second-order valence-corrected chi connectivity index (χ2v) is 7.76. The first-order chi connectivity index (χ1) is 11.8. The highest BCUT2D eigenvalue weighted by Crippen LogP contribution is 2.39. The molecule has 2 fully saturated rings. The van der Waals surface area contributed by atoms with Crippen LogP contribution >= 0.6 is 23.2 Å². The van der Waals surface area contributed by atoms with E-state index in [0.717, 1.165) is 44.5 Å². The molecule has 1 aliphatic carbocycles. The summed E-state index contributed by atoms with van der Waals surface area (Å²) in [5, 5.41) is -0.443. The van der Waals surface area contributed by atoms with E-state index in [9.17, 15) is 18.0 Å². The van der Waals surface area contributed by atoms with Gasteiger partial charge in [-0.1, -0.05) is 29.6 Å². The predicted molar refractivity (Wildman–Crippen MR) is 92.3 cm³/mol. The molecule has 1 aromatic rings. The van der Waals surface area contributed by atoms with Crippen LogP contribution in [0.4, 0.5) is 13.2 Å². The summed E-state index contributed by atoms with van der Waals surface area (Å²) in [7, 11) is 0. The topological polar surface area (TPSA) is 20.3 Å². The lowest BCUT2D eigenvalue weighted by molar-refractivity contribution is -0.137. The van der Waals surface area contributed by atoms with Crippen LogP contribution in [-0.4, -0.2) is 29.8 Å². The Morgan fingerprint density at radius 2 is 1.68 bits per heavy atom. The molecule has 0 N–H and O–H groups in total. The summed E-state index contributed by atoms with van der Waals surface area (Å²) in [6.07, 6.45) is 1.23. The minimum absolute atomic E-state index is 0.0170. The summed E-state index contributed by atoms with van der Waals surface area (Å²) >= 11 is 11.9. The monoisotopic (exact) mass is 393 g/mol. The molecule has 0 amide bonds. The Morgan fingerprint density at radius 1 is 1.08 bits per heavy atom. The van der Waals surface area contributed by atoms with Crippen molar-refractivity contribution in [2.75, 3.05) is 13.1 Å². The number of hydrogen-bond donors (Lipinski definition) is 0. The largest absolute Gasteiger partial charge is 0.416 e. The van der Waals surface area contributed by atoms with Gasteiger partial charge in [0.25, 0.3) is 0 Å². The van der Waals surface area contributed by atoms with Gasteiger partial charge in [0.15, 0.2) is 5.78 Å². The minimum atomic E-state index is -4.54. The molecule has 1 saturated heterocycles. The fraction of sp³-hybridized carbons (Fsp3) is 0.611. The normalized spacial score (nSPS) is 24.8. The molecule has 25 heavy (non-hydrogen) atoms. The van der Waals surface area contributed by atoms with Crippen molar-refractivity contribution >= 4 is 29.0 Å². The fourth-order valence-electron chi connectivity index (χ4n) is 4.15. The number of carbonyl (C=O) groups is 1. The zero-order valence-electron chi connectivity index (χ0n) is 13.7. The maximum absolute atomic E-state index is 12.8. The van der Waals surface area contributed by atoms with Crippen LogP contribution in [0, 0.1) is 5.92 Å². The van der Waals surface area contributed by atoms with E-state index in [1.54, 1.807) is 0 Å². The number of nitrogens with zero attached hydrogens (tertiary/aromatic N) is 1. The van der Waals surface area contributed by atoms with Gasteiger partial charge in [-0.15, -0.1) is 0 Å². The highest BCUT2D eigenvalue weighted by atomic mass is 35.5. The van der Waals surface area contributed by atoms with Gasteiger partial charge in [0.1, 0.15) is 0 Å². The standard InChI is InChI=1S/C18H20Cl2F3NO/c19-13-9-12(18(21,22)23)10-14(20)17(13)16(25)8-11-4-3-5-15(11)24-6-1-2-7-24/h9-11,15H,1-8H2/t11-,15-/m1/s1. The molecule has 0 unspecified atom stereocenters. The third-order valence-corrected chi connectivity index (χ3v) is 5.92. The average Bonchev–Trinajstić information content (AvgIpc) is 3.15. The van der Waals surface area contributed by atoms with E-state index >= 15 is 0 Å². The number of likely N-dealkylation sites (tertiary alicyclic amines) is 1. The highest BCUT2D eigenvalue weighted by Gasteiger charge is 2.36. The molecule has 1 saturated carbocycles. The number of alkyl halides is 3. The van der Waals surface area contributed by atoms with Crippen molar-refractivity contribution in [2.45, 2.75) is 50.7 Å². The Labute approximate surface area is 155 Å². The van der Waals surface area contributed by atoms with Gasteiger partial charge < -0.3 is 4.90 Å². The number of Topliss-reactive ketones (excluding diaryl/α,β-unsaturated/α-hetero) is 1. The summed E-state index contributed by atoms with van der Waals surface area (Å²) in [6.45, 7) is 2.13. The molecule has 138 valence electrons. The van der Waals surface area contributed by atoms with E-state index in [0.29, 0.717) is 6.04 Å². The van der Waals surface area contributed by atoms with Gasteiger partial charge in [-0.05, 0) is 56.8 Å². The SMILES string of the molecule is O=C(C[C@H]1CCC[C@H]1N1CCCC1)c1c(Cl)cc(C(F)(F)F)cc1Cl. The number of benzene rings is 1. The lowest BCUT2D eigenvalue weighted by Crippen LogP contribution is -2.36. The molecule has 2 atom stereocenters. The molecule has 0 aromatic heterocycles. The molecule has 0 spiro atoms. The lowest BCUT2D eigenvalue weighted by Gasteiger charge is -2.29. The Balaban J connectivity index is 1.77. The molecule has 3 rings (SSSR count). The van der Waals surface area contributed by atoms with E-state index < -0.39 is 11.7 Å². The second-order valence-electron chi connectivity index (χ2n) is 6.94. The summed E-state index contributed by atoms with van der Waals surface area (Å²) < 4.78 is 38.5. The van der Waals surface area contributed by atoms with Crippen LogP contribution in [0.5, 0.6) is 0 Å².